The van der Waals surface area contributed by atoms with E-state index in [-0.39, 0.29) is 63.0 Å². The summed E-state index contributed by atoms with van der Waals surface area (Å²) in [5.74, 6) is -1.08. The number of carbonyl (C=O) groups excluding carboxylic acids is 3. The molecule has 1 fully saturated rings. The van der Waals surface area contributed by atoms with Gasteiger partial charge in [0.2, 0.25) is 5.60 Å². The van der Waals surface area contributed by atoms with E-state index >= 15 is 4.79 Å². The molecular formula is C37H31ClN4O7S. The fourth-order valence-corrected chi connectivity index (χ4v) is 8.37. The average molecular weight is 711 g/mol. The van der Waals surface area contributed by atoms with Crippen molar-refractivity contribution in [2.75, 3.05) is 24.5 Å². The van der Waals surface area contributed by atoms with Crippen molar-refractivity contribution >= 4 is 56.1 Å². The SMILES string of the molecule is COc1ccccc1C1(OC(=O)N2CCC(NC(=O)c3ccccc3)CC2)C(=O)N(S(=O)(=O)c2cccc3cccnc23)c2ccc(Cl)cc21. The number of halogens is 1. The number of hydrogen-bond donors (Lipinski definition) is 1. The van der Waals surface area contributed by atoms with E-state index in [9.17, 15) is 18.0 Å². The Hall–Kier alpha value is -5.46. The van der Waals surface area contributed by atoms with E-state index in [1.807, 2.05) is 6.07 Å². The Morgan fingerprint density at radius 2 is 1.62 bits per heavy atom. The number of hydrogen-bond acceptors (Lipinski definition) is 8. The topological polar surface area (TPSA) is 135 Å². The highest BCUT2D eigenvalue weighted by molar-refractivity contribution is 7.93. The van der Waals surface area contributed by atoms with Gasteiger partial charge in [-0.05, 0) is 61.4 Å². The van der Waals surface area contributed by atoms with Gasteiger partial charge in [0.1, 0.15) is 10.6 Å². The van der Waals surface area contributed by atoms with Crippen molar-refractivity contribution in [1.82, 2.24) is 15.2 Å². The molecule has 0 spiro atoms. The second-order valence-corrected chi connectivity index (χ2v) is 14.1. The minimum Gasteiger partial charge on any atom is -0.496 e. The summed E-state index contributed by atoms with van der Waals surface area (Å²) < 4.78 is 41.8. The number of anilines is 1. The van der Waals surface area contributed by atoms with Gasteiger partial charge in [-0.3, -0.25) is 14.6 Å². The molecule has 0 aliphatic carbocycles. The smallest absolute Gasteiger partial charge is 0.411 e. The van der Waals surface area contributed by atoms with E-state index in [0.29, 0.717) is 28.1 Å². The third kappa shape index (κ3) is 5.60. The van der Waals surface area contributed by atoms with Crippen LogP contribution < -0.4 is 14.4 Å². The first-order valence-electron chi connectivity index (χ1n) is 15.9. The molecule has 2 aliphatic heterocycles. The molecule has 1 atom stereocenters. The van der Waals surface area contributed by atoms with Gasteiger partial charge in [0, 0.05) is 46.9 Å². The van der Waals surface area contributed by atoms with Crippen molar-refractivity contribution in [3.05, 3.63) is 131 Å². The number of pyridine rings is 1. The summed E-state index contributed by atoms with van der Waals surface area (Å²) in [6.07, 6.45) is 1.48. The lowest BCUT2D eigenvalue weighted by molar-refractivity contribution is -0.132. The molecule has 1 saturated heterocycles. The van der Waals surface area contributed by atoms with Gasteiger partial charge in [0.05, 0.1) is 23.9 Å². The Kier molecular flexibility index (Phi) is 8.66. The largest absolute Gasteiger partial charge is 0.496 e. The number of likely N-dealkylation sites (tertiary alicyclic amines) is 1. The maximum Gasteiger partial charge on any atom is 0.411 e. The summed E-state index contributed by atoms with van der Waals surface area (Å²) >= 11 is 6.50. The zero-order chi connectivity index (χ0) is 35.0. The van der Waals surface area contributed by atoms with Gasteiger partial charge in [0.15, 0.2) is 0 Å². The van der Waals surface area contributed by atoms with Crippen molar-refractivity contribution < 1.29 is 32.3 Å². The highest BCUT2D eigenvalue weighted by atomic mass is 35.5. The number of methoxy groups -OCH3 is 1. The maximum absolute atomic E-state index is 15.0. The number of sulfonamides is 1. The third-order valence-electron chi connectivity index (χ3n) is 9.01. The van der Waals surface area contributed by atoms with E-state index in [0.717, 1.165) is 0 Å². The average Bonchev–Trinajstić information content (AvgIpc) is 3.39. The molecule has 11 nitrogen and oxygen atoms in total. The first kappa shape index (κ1) is 33.1. The Morgan fingerprint density at radius 1 is 0.900 bits per heavy atom. The summed E-state index contributed by atoms with van der Waals surface area (Å²) in [7, 11) is -3.25. The first-order chi connectivity index (χ1) is 24.1. The second kappa shape index (κ2) is 13.1. The van der Waals surface area contributed by atoms with E-state index in [1.165, 1.54) is 42.5 Å². The number of piperidine rings is 1. The molecule has 13 heteroatoms. The van der Waals surface area contributed by atoms with E-state index in [4.69, 9.17) is 21.1 Å². The molecule has 2 aliphatic rings. The second-order valence-electron chi connectivity index (χ2n) is 11.9. The standard InChI is InChI=1S/C37H31ClN4O7S/c1-48-31-14-6-5-13-28(31)37(49-36(45)41-21-18-27(19-22-41)40-34(43)25-9-3-2-4-10-25)29-23-26(38)16-17-30(29)42(35(37)44)50(46,47)32-15-7-11-24-12-8-20-39-33(24)32/h2-17,20,23,27H,18-19,21-22H2,1H3,(H,40,43). The monoisotopic (exact) mass is 710 g/mol. The van der Waals surface area contributed by atoms with E-state index in [1.54, 1.807) is 72.8 Å². The molecule has 0 radical (unpaired) electrons. The molecule has 5 aromatic rings. The number of fused-ring (bicyclic) bond motifs is 2. The Balaban J connectivity index is 1.27. The third-order valence-corrected chi connectivity index (χ3v) is 11.0. The summed E-state index contributed by atoms with van der Waals surface area (Å²) in [4.78, 5) is 47.5. The predicted octanol–water partition coefficient (Wildman–Crippen LogP) is 5.91. The van der Waals surface area contributed by atoms with Crippen molar-refractivity contribution in [3.63, 3.8) is 0 Å². The molecule has 3 amide bonds. The summed E-state index contributed by atoms with van der Waals surface area (Å²) in [5.41, 5.74) is -1.48. The zero-order valence-electron chi connectivity index (χ0n) is 26.8. The van der Waals surface area contributed by atoms with Crippen LogP contribution in [0, 0.1) is 0 Å². The van der Waals surface area contributed by atoms with Crippen LogP contribution >= 0.6 is 11.6 Å². The fourth-order valence-electron chi connectivity index (χ4n) is 6.57. The van der Waals surface area contributed by atoms with Crippen LogP contribution in [0.3, 0.4) is 0 Å². The number of nitrogens with zero attached hydrogens (tertiary/aromatic N) is 3. The molecule has 3 heterocycles. The highest BCUT2D eigenvalue weighted by Gasteiger charge is 2.61. The number of para-hydroxylation sites is 2. The summed E-state index contributed by atoms with van der Waals surface area (Å²) in [6.45, 7) is 0.418. The fraction of sp³-hybridized carbons (Fsp3) is 0.189. The van der Waals surface area contributed by atoms with Gasteiger partial charge in [-0.2, -0.15) is 4.31 Å². The van der Waals surface area contributed by atoms with Gasteiger partial charge < -0.3 is 19.7 Å². The van der Waals surface area contributed by atoms with Crippen molar-refractivity contribution in [2.45, 2.75) is 29.4 Å². The lowest BCUT2D eigenvalue weighted by Crippen LogP contribution is -2.51. The van der Waals surface area contributed by atoms with E-state index < -0.39 is 27.6 Å². The molecule has 50 heavy (non-hydrogen) atoms. The van der Waals surface area contributed by atoms with Gasteiger partial charge in [-0.15, -0.1) is 0 Å². The van der Waals surface area contributed by atoms with Gasteiger partial charge in [0.25, 0.3) is 21.8 Å². The molecule has 7 rings (SSSR count). The van der Waals surface area contributed by atoms with E-state index in [2.05, 4.69) is 10.3 Å². The van der Waals surface area contributed by atoms with Gasteiger partial charge in [-0.1, -0.05) is 66.2 Å². The first-order valence-corrected chi connectivity index (χ1v) is 17.7. The van der Waals surface area contributed by atoms with Crippen LogP contribution in [-0.4, -0.2) is 62.5 Å². The van der Waals surface area contributed by atoms with Crippen LogP contribution in [0.25, 0.3) is 10.9 Å². The number of benzene rings is 4. The Bertz CT molecular complexity index is 2240. The number of amides is 3. The molecule has 1 aromatic heterocycles. The Labute approximate surface area is 293 Å². The molecule has 1 unspecified atom stereocenters. The number of rotatable bonds is 7. The van der Waals surface area contributed by atoms with Crippen LogP contribution in [0.15, 0.2) is 114 Å². The van der Waals surface area contributed by atoms with Crippen LogP contribution in [0.1, 0.15) is 34.3 Å². The lowest BCUT2D eigenvalue weighted by atomic mass is 9.86. The lowest BCUT2D eigenvalue weighted by Gasteiger charge is -2.36. The highest BCUT2D eigenvalue weighted by Crippen LogP contribution is 2.52. The Morgan fingerprint density at radius 3 is 2.38 bits per heavy atom. The summed E-state index contributed by atoms with van der Waals surface area (Å²) in [5, 5.41) is 3.76. The van der Waals surface area contributed by atoms with Crippen LogP contribution in [0.4, 0.5) is 10.5 Å². The molecule has 0 saturated carbocycles. The van der Waals surface area contributed by atoms with Crippen molar-refractivity contribution in [1.29, 1.82) is 0 Å². The predicted molar refractivity (Wildman–Crippen MR) is 187 cm³/mol. The molecule has 0 bridgehead atoms. The van der Waals surface area contributed by atoms with Crippen molar-refractivity contribution in [2.24, 2.45) is 0 Å². The molecule has 1 N–H and O–H groups in total. The van der Waals surface area contributed by atoms with Gasteiger partial charge >= 0.3 is 6.09 Å². The number of aromatic nitrogens is 1. The molecular weight excluding hydrogens is 680 g/mol. The molecule has 4 aromatic carbocycles. The minimum atomic E-state index is -4.65. The van der Waals surface area contributed by atoms with Crippen molar-refractivity contribution in [3.8, 4) is 5.75 Å². The quantitative estimate of drug-likeness (QED) is 0.220. The van der Waals surface area contributed by atoms with Crippen LogP contribution in [-0.2, 0) is 25.2 Å². The van der Waals surface area contributed by atoms with Crippen LogP contribution in [0.2, 0.25) is 5.02 Å². The molecule has 254 valence electrons. The van der Waals surface area contributed by atoms with Crippen LogP contribution in [0.5, 0.6) is 5.75 Å². The zero-order valence-corrected chi connectivity index (χ0v) is 28.4. The number of ether oxygens (including phenoxy) is 2. The number of nitrogens with one attached hydrogen (secondary N) is 1. The number of carbonyl (C=O) groups is 3. The van der Waals surface area contributed by atoms with Gasteiger partial charge in [-0.25, -0.2) is 13.2 Å². The minimum absolute atomic E-state index is 0.0339. The normalized spacial score (nSPS) is 17.8. The maximum atomic E-state index is 15.0. The summed E-state index contributed by atoms with van der Waals surface area (Å²) in [6, 6.07) is 27.5.